The zero-order chi connectivity index (χ0) is 19.0. The minimum Gasteiger partial charge on any atom is -0.356 e. The van der Waals surface area contributed by atoms with Gasteiger partial charge < -0.3 is 5.32 Å². The fourth-order valence-electron chi connectivity index (χ4n) is 5.66. The summed E-state index contributed by atoms with van der Waals surface area (Å²) in [6.07, 6.45) is 7.09. The molecule has 2 bridgehead atoms. The van der Waals surface area contributed by atoms with Gasteiger partial charge in [-0.25, -0.2) is 0 Å². The van der Waals surface area contributed by atoms with E-state index < -0.39 is 0 Å². The van der Waals surface area contributed by atoms with Gasteiger partial charge in [-0.3, -0.25) is 0 Å². The Labute approximate surface area is 168 Å². The average molecular weight is 368 g/mol. The molecule has 28 heavy (non-hydrogen) atoms. The molecule has 1 N–H and O–H groups in total. The Morgan fingerprint density at radius 2 is 1.39 bits per heavy atom. The lowest BCUT2D eigenvalue weighted by molar-refractivity contribution is 0.232. The van der Waals surface area contributed by atoms with E-state index >= 15 is 0 Å². The Kier molecular flexibility index (Phi) is 4.47. The van der Waals surface area contributed by atoms with Gasteiger partial charge in [0.15, 0.2) is 0 Å². The van der Waals surface area contributed by atoms with Crippen LogP contribution in [-0.4, -0.2) is 0 Å². The van der Waals surface area contributed by atoms with Crippen molar-refractivity contribution in [2.45, 2.75) is 44.4 Å². The third kappa shape index (κ3) is 3.46. The monoisotopic (exact) mass is 367 g/mol. The van der Waals surface area contributed by atoms with E-state index in [0.29, 0.717) is 5.41 Å². The van der Waals surface area contributed by atoms with Crippen LogP contribution in [0.1, 0.15) is 44.6 Å². The van der Waals surface area contributed by atoms with Gasteiger partial charge in [-0.2, -0.15) is 0 Å². The zero-order valence-electron chi connectivity index (χ0n) is 16.7. The molecule has 0 aromatic heterocycles. The summed E-state index contributed by atoms with van der Waals surface area (Å²) in [5, 5.41) is 3.62. The second kappa shape index (κ2) is 7.13. The molecule has 142 valence electrons. The van der Waals surface area contributed by atoms with Gasteiger partial charge in [0.25, 0.3) is 0 Å². The summed E-state index contributed by atoms with van der Waals surface area (Å²) in [6.45, 7) is 2.49. The van der Waals surface area contributed by atoms with E-state index in [1.54, 1.807) is 0 Å². The van der Waals surface area contributed by atoms with Gasteiger partial charge in [0, 0.05) is 11.4 Å². The molecule has 3 aromatic carbocycles. The average Bonchev–Trinajstić information content (AvgIpc) is 3.08. The first-order valence-corrected chi connectivity index (χ1v) is 10.7. The lowest BCUT2D eigenvalue weighted by Crippen LogP contribution is -2.30. The van der Waals surface area contributed by atoms with Crippen LogP contribution in [0.25, 0.3) is 11.1 Å². The van der Waals surface area contributed by atoms with Crippen LogP contribution < -0.4 is 5.32 Å². The van der Waals surface area contributed by atoms with E-state index in [1.807, 2.05) is 0 Å². The van der Waals surface area contributed by atoms with Crippen molar-refractivity contribution >= 4 is 11.4 Å². The summed E-state index contributed by atoms with van der Waals surface area (Å²) >= 11 is 0. The smallest absolute Gasteiger partial charge is 0.0387 e. The molecule has 0 unspecified atom stereocenters. The maximum Gasteiger partial charge on any atom is 0.0387 e. The van der Waals surface area contributed by atoms with Crippen LogP contribution in [0.3, 0.4) is 0 Å². The van der Waals surface area contributed by atoms with E-state index in [9.17, 15) is 0 Å². The van der Waals surface area contributed by atoms with Gasteiger partial charge in [-0.1, -0.05) is 74.4 Å². The molecule has 1 heteroatoms. The van der Waals surface area contributed by atoms with E-state index in [0.717, 1.165) is 17.5 Å². The van der Waals surface area contributed by atoms with Gasteiger partial charge in [-0.05, 0) is 77.5 Å². The van der Waals surface area contributed by atoms with Crippen molar-refractivity contribution in [3.63, 3.8) is 0 Å². The zero-order valence-corrected chi connectivity index (χ0v) is 16.7. The summed E-state index contributed by atoms with van der Waals surface area (Å²) in [6, 6.07) is 28.4. The minimum absolute atomic E-state index is 0.346. The molecule has 0 spiro atoms. The van der Waals surface area contributed by atoms with E-state index in [-0.39, 0.29) is 0 Å². The SMILES string of the molecule is CC1(c2cccc(Nc3ccc(-c4ccccc4)cc3)c2)C[C@@H]2CC[C@H](C2)C1. The Morgan fingerprint density at radius 1 is 0.714 bits per heavy atom. The normalized spacial score (nSPS) is 26.2. The molecular formula is C27H29N. The van der Waals surface area contributed by atoms with E-state index in [1.165, 1.54) is 54.5 Å². The highest BCUT2D eigenvalue weighted by molar-refractivity contribution is 5.68. The third-order valence-electron chi connectivity index (χ3n) is 6.97. The maximum absolute atomic E-state index is 3.62. The van der Waals surface area contributed by atoms with Crippen LogP contribution in [0.5, 0.6) is 0 Å². The topological polar surface area (TPSA) is 12.0 Å². The van der Waals surface area contributed by atoms with Gasteiger partial charge in [0.1, 0.15) is 0 Å². The molecule has 2 aliphatic rings. The molecule has 2 aliphatic carbocycles. The number of nitrogens with one attached hydrogen (secondary N) is 1. The van der Waals surface area contributed by atoms with Crippen molar-refractivity contribution in [3.05, 3.63) is 84.4 Å². The van der Waals surface area contributed by atoms with Gasteiger partial charge in [0.05, 0.1) is 0 Å². The van der Waals surface area contributed by atoms with Crippen molar-refractivity contribution in [3.8, 4) is 11.1 Å². The summed E-state index contributed by atoms with van der Waals surface area (Å²) in [4.78, 5) is 0. The van der Waals surface area contributed by atoms with Gasteiger partial charge >= 0.3 is 0 Å². The summed E-state index contributed by atoms with van der Waals surface area (Å²) < 4.78 is 0. The molecule has 0 saturated heterocycles. The summed E-state index contributed by atoms with van der Waals surface area (Å²) in [5.74, 6) is 1.90. The largest absolute Gasteiger partial charge is 0.356 e. The van der Waals surface area contributed by atoms with Crippen molar-refractivity contribution < 1.29 is 0 Å². The summed E-state index contributed by atoms with van der Waals surface area (Å²) in [5.41, 5.74) is 6.71. The second-order valence-electron chi connectivity index (χ2n) is 9.16. The number of benzene rings is 3. The molecule has 5 rings (SSSR count). The highest BCUT2D eigenvalue weighted by Crippen LogP contribution is 2.51. The van der Waals surface area contributed by atoms with Crippen molar-refractivity contribution in [2.75, 3.05) is 5.32 Å². The Bertz CT molecular complexity index is 930. The molecule has 3 aromatic rings. The van der Waals surface area contributed by atoms with Crippen molar-refractivity contribution in [1.29, 1.82) is 0 Å². The molecule has 2 atom stereocenters. The Hall–Kier alpha value is -2.54. The predicted octanol–water partition coefficient (Wildman–Crippen LogP) is 7.57. The Balaban J connectivity index is 1.34. The van der Waals surface area contributed by atoms with Gasteiger partial charge in [0.2, 0.25) is 0 Å². The standard InChI is InChI=1S/C27H29N/c1-27(18-20-10-11-21(16-20)19-27)24-8-5-9-26(17-24)28-25-14-12-23(13-15-25)22-6-3-2-4-7-22/h2-9,12-15,17,20-21,28H,10-11,16,18-19H2,1H3/t20-,21-/m1/s1. The van der Waals surface area contributed by atoms with E-state index in [4.69, 9.17) is 0 Å². The number of hydrogen-bond donors (Lipinski definition) is 1. The third-order valence-corrected chi connectivity index (χ3v) is 6.97. The highest BCUT2D eigenvalue weighted by Gasteiger charge is 2.41. The van der Waals surface area contributed by atoms with Crippen LogP contribution in [0.4, 0.5) is 11.4 Å². The molecular weight excluding hydrogens is 338 g/mol. The van der Waals surface area contributed by atoms with E-state index in [2.05, 4.69) is 91.1 Å². The lowest BCUT2D eigenvalue weighted by atomic mass is 9.66. The molecule has 2 saturated carbocycles. The van der Waals surface area contributed by atoms with Crippen molar-refractivity contribution in [2.24, 2.45) is 11.8 Å². The van der Waals surface area contributed by atoms with Crippen LogP contribution >= 0.6 is 0 Å². The predicted molar refractivity (Wildman–Crippen MR) is 119 cm³/mol. The minimum atomic E-state index is 0.346. The van der Waals surface area contributed by atoms with Crippen LogP contribution in [0.15, 0.2) is 78.9 Å². The van der Waals surface area contributed by atoms with Gasteiger partial charge in [-0.15, -0.1) is 0 Å². The number of anilines is 2. The van der Waals surface area contributed by atoms with Crippen molar-refractivity contribution in [1.82, 2.24) is 0 Å². The first kappa shape index (κ1) is 17.6. The fraction of sp³-hybridized carbons (Fsp3) is 0.333. The summed E-state index contributed by atoms with van der Waals surface area (Å²) in [7, 11) is 0. The first-order valence-electron chi connectivity index (χ1n) is 10.7. The molecule has 0 radical (unpaired) electrons. The van der Waals surface area contributed by atoms with Crippen LogP contribution in [-0.2, 0) is 5.41 Å². The molecule has 0 heterocycles. The lowest BCUT2D eigenvalue weighted by Gasteiger charge is -2.38. The number of fused-ring (bicyclic) bond motifs is 2. The number of rotatable bonds is 4. The van der Waals surface area contributed by atoms with Crippen LogP contribution in [0.2, 0.25) is 0 Å². The first-order chi connectivity index (χ1) is 13.7. The Morgan fingerprint density at radius 3 is 2.11 bits per heavy atom. The maximum atomic E-state index is 3.62. The molecule has 2 fully saturated rings. The molecule has 1 nitrogen and oxygen atoms in total. The fourth-order valence-corrected chi connectivity index (χ4v) is 5.66. The van der Waals surface area contributed by atoms with Crippen LogP contribution in [0, 0.1) is 11.8 Å². The highest BCUT2D eigenvalue weighted by atomic mass is 14.9. The second-order valence-corrected chi connectivity index (χ2v) is 9.16. The number of hydrogen-bond acceptors (Lipinski definition) is 1. The molecule has 0 aliphatic heterocycles. The quantitative estimate of drug-likeness (QED) is 0.501. The molecule has 0 amide bonds.